The zero-order valence-corrected chi connectivity index (χ0v) is 18.5. The molecule has 176 valence electrons. The number of pyridine rings is 1. The molecule has 0 radical (unpaired) electrons. The van der Waals surface area contributed by atoms with E-state index in [0.29, 0.717) is 74.1 Å². The van der Waals surface area contributed by atoms with E-state index in [1.807, 2.05) is 6.07 Å². The van der Waals surface area contributed by atoms with E-state index in [2.05, 4.69) is 5.32 Å². The lowest BCUT2D eigenvalue weighted by molar-refractivity contribution is 0.136. The van der Waals surface area contributed by atoms with Gasteiger partial charge in [-0.15, -0.1) is 0 Å². The zero-order valence-electron chi connectivity index (χ0n) is 18.5. The van der Waals surface area contributed by atoms with Gasteiger partial charge in [-0.3, -0.25) is 9.69 Å². The Kier molecular flexibility index (Phi) is 5.13. The highest BCUT2D eigenvalue weighted by Gasteiger charge is 2.33. The van der Waals surface area contributed by atoms with Crippen LogP contribution in [0.5, 0.6) is 11.5 Å². The molecular formula is C25H24FN3O5. The molecule has 2 aromatic carbocycles. The minimum absolute atomic E-state index is 0.112. The van der Waals surface area contributed by atoms with Crippen LogP contribution >= 0.6 is 0 Å². The van der Waals surface area contributed by atoms with Crippen molar-refractivity contribution >= 4 is 22.7 Å². The summed E-state index contributed by atoms with van der Waals surface area (Å²) in [6.45, 7) is 3.02. The predicted molar refractivity (Wildman–Crippen MR) is 123 cm³/mol. The van der Waals surface area contributed by atoms with Crippen molar-refractivity contribution in [3.63, 3.8) is 0 Å². The van der Waals surface area contributed by atoms with Crippen LogP contribution in [0.1, 0.15) is 17.9 Å². The monoisotopic (exact) mass is 465 g/mol. The van der Waals surface area contributed by atoms with Gasteiger partial charge < -0.3 is 24.1 Å². The number of hydrogen-bond acceptors (Lipinski definition) is 6. The molecule has 0 aliphatic carbocycles. The van der Waals surface area contributed by atoms with Crippen molar-refractivity contribution in [1.82, 2.24) is 9.88 Å². The van der Waals surface area contributed by atoms with Crippen LogP contribution in [0.15, 0.2) is 47.3 Å². The first kappa shape index (κ1) is 21.0. The number of carbonyl (C=O) groups is 1. The summed E-state index contributed by atoms with van der Waals surface area (Å²) < 4.78 is 33.0. The molecule has 1 fully saturated rings. The quantitative estimate of drug-likeness (QED) is 0.564. The van der Waals surface area contributed by atoms with Gasteiger partial charge in [-0.25, -0.2) is 9.18 Å². The van der Waals surface area contributed by atoms with Crippen molar-refractivity contribution in [2.24, 2.45) is 0 Å². The summed E-state index contributed by atoms with van der Waals surface area (Å²) in [4.78, 5) is 26.3. The van der Waals surface area contributed by atoms with E-state index in [0.717, 1.165) is 5.39 Å². The van der Waals surface area contributed by atoms with Gasteiger partial charge in [-0.1, -0.05) is 0 Å². The number of cyclic esters (lactones) is 1. The molecule has 9 heteroatoms. The number of amides is 1. The third-order valence-electron chi connectivity index (χ3n) is 6.69. The Morgan fingerprint density at radius 3 is 2.71 bits per heavy atom. The highest BCUT2D eigenvalue weighted by molar-refractivity contribution is 5.90. The number of rotatable bonds is 6. The van der Waals surface area contributed by atoms with E-state index in [1.54, 1.807) is 33.7 Å². The number of fused-ring (bicyclic) bond motifs is 1. The van der Waals surface area contributed by atoms with Crippen LogP contribution in [0.4, 0.5) is 14.9 Å². The lowest BCUT2D eigenvalue weighted by atomic mass is 9.99. The number of carbonyl (C=O) groups excluding carboxylic acids is 1. The number of benzene rings is 2. The zero-order chi connectivity index (χ0) is 23.2. The highest BCUT2D eigenvalue weighted by Crippen LogP contribution is 2.36. The third kappa shape index (κ3) is 3.56. The fourth-order valence-corrected chi connectivity index (χ4v) is 5.07. The Morgan fingerprint density at radius 2 is 1.82 bits per heavy atom. The van der Waals surface area contributed by atoms with Crippen molar-refractivity contribution in [1.29, 1.82) is 0 Å². The molecule has 0 unspecified atom stereocenters. The third-order valence-corrected chi connectivity index (χ3v) is 6.69. The minimum atomic E-state index is -0.388. The summed E-state index contributed by atoms with van der Waals surface area (Å²) in [5.41, 5.74) is 1.89. The first-order chi connectivity index (χ1) is 16.6. The van der Waals surface area contributed by atoms with Crippen LogP contribution in [-0.2, 0) is 11.3 Å². The molecule has 2 atom stereocenters. The maximum Gasteiger partial charge on any atom is 0.414 e. The maximum absolute atomic E-state index is 14.6. The van der Waals surface area contributed by atoms with Gasteiger partial charge in [0, 0.05) is 36.7 Å². The van der Waals surface area contributed by atoms with Crippen molar-refractivity contribution in [3.05, 3.63) is 64.2 Å². The topological polar surface area (TPSA) is 82.0 Å². The number of nitrogens with zero attached hydrogens (tertiary/aromatic N) is 2. The van der Waals surface area contributed by atoms with E-state index < -0.39 is 0 Å². The molecule has 1 saturated heterocycles. The number of ether oxygens (including phenoxy) is 3. The Hall–Kier alpha value is -3.59. The van der Waals surface area contributed by atoms with Crippen molar-refractivity contribution in [2.75, 3.05) is 37.7 Å². The second-order valence-corrected chi connectivity index (χ2v) is 8.82. The van der Waals surface area contributed by atoms with E-state index in [-0.39, 0.29) is 29.5 Å². The molecule has 3 aromatic rings. The molecule has 3 aliphatic rings. The summed E-state index contributed by atoms with van der Waals surface area (Å²) in [6, 6.07) is 11.9. The van der Waals surface area contributed by atoms with Gasteiger partial charge in [0.25, 0.3) is 5.56 Å². The van der Waals surface area contributed by atoms with E-state index >= 15 is 0 Å². The number of anilines is 1. The molecule has 4 heterocycles. The van der Waals surface area contributed by atoms with Crippen molar-refractivity contribution in [3.8, 4) is 11.5 Å². The van der Waals surface area contributed by atoms with Crippen LogP contribution in [0.3, 0.4) is 0 Å². The van der Waals surface area contributed by atoms with Gasteiger partial charge in [0.05, 0.1) is 17.7 Å². The number of aromatic nitrogens is 1. The molecule has 3 aliphatic heterocycles. The fourth-order valence-electron chi connectivity index (χ4n) is 5.07. The Balaban J connectivity index is 1.06. The first-order valence-corrected chi connectivity index (χ1v) is 11.5. The average Bonchev–Trinajstić information content (AvgIpc) is 3.42. The van der Waals surface area contributed by atoms with Crippen molar-refractivity contribution in [2.45, 2.75) is 25.0 Å². The number of halogens is 1. The second-order valence-electron chi connectivity index (χ2n) is 8.82. The normalized spacial score (nSPS) is 20.7. The average molecular weight is 465 g/mol. The molecule has 8 nitrogen and oxygen atoms in total. The van der Waals surface area contributed by atoms with Gasteiger partial charge in [0.2, 0.25) is 0 Å². The number of nitrogens with one attached hydrogen (secondary N) is 1. The Bertz CT molecular complexity index is 1340. The van der Waals surface area contributed by atoms with E-state index in [9.17, 15) is 14.0 Å². The Labute approximate surface area is 194 Å². The van der Waals surface area contributed by atoms with Crippen LogP contribution in [0.2, 0.25) is 0 Å². The summed E-state index contributed by atoms with van der Waals surface area (Å²) in [6.07, 6.45) is -0.0168. The molecule has 1 N–H and O–H groups in total. The largest absolute Gasteiger partial charge is 0.486 e. The summed E-state index contributed by atoms with van der Waals surface area (Å²) in [5, 5.41) is 4.23. The van der Waals surface area contributed by atoms with Crippen LogP contribution < -0.4 is 25.2 Å². The van der Waals surface area contributed by atoms with Gasteiger partial charge in [0.15, 0.2) is 11.5 Å². The lowest BCUT2D eigenvalue weighted by Gasteiger charge is -2.21. The van der Waals surface area contributed by atoms with Crippen LogP contribution in [-0.4, -0.2) is 49.6 Å². The van der Waals surface area contributed by atoms with Crippen LogP contribution in [0.25, 0.3) is 10.9 Å². The molecule has 0 saturated carbocycles. The molecule has 1 aromatic heterocycles. The SMILES string of the molecule is O=C1O[C@@H](CCNC[C@H]2Cn3c(=O)ccc4ccc(F)c2c43)CN1c1ccc2c(c1)OCCO2. The second kappa shape index (κ2) is 8.32. The van der Waals surface area contributed by atoms with Gasteiger partial charge in [-0.05, 0) is 48.7 Å². The standard InChI is InChI=1S/C25H24FN3O5/c26-19-4-1-15-2-6-22(30)29-13-16(23(19)24(15)29)12-27-8-7-18-14-28(25(31)34-18)17-3-5-20-21(11-17)33-10-9-32-20/h1-6,11,16,18,27H,7-10,12-14H2/t16-,18-/m0/s1. The van der Waals surface area contributed by atoms with Gasteiger partial charge in [0.1, 0.15) is 25.1 Å². The summed E-state index contributed by atoms with van der Waals surface area (Å²) in [5.74, 6) is 0.891. The summed E-state index contributed by atoms with van der Waals surface area (Å²) in [7, 11) is 0. The van der Waals surface area contributed by atoms with E-state index in [4.69, 9.17) is 14.2 Å². The smallest absolute Gasteiger partial charge is 0.414 e. The molecule has 0 bridgehead atoms. The Morgan fingerprint density at radius 1 is 1.00 bits per heavy atom. The minimum Gasteiger partial charge on any atom is -0.486 e. The predicted octanol–water partition coefficient (Wildman–Crippen LogP) is 3.01. The van der Waals surface area contributed by atoms with Crippen LogP contribution in [0, 0.1) is 5.82 Å². The molecule has 34 heavy (non-hydrogen) atoms. The molecule has 6 rings (SSSR count). The lowest BCUT2D eigenvalue weighted by Crippen LogP contribution is -2.28. The van der Waals surface area contributed by atoms with E-state index in [1.165, 1.54) is 12.1 Å². The first-order valence-electron chi connectivity index (χ1n) is 11.5. The van der Waals surface area contributed by atoms with Crippen molar-refractivity contribution < 1.29 is 23.4 Å². The maximum atomic E-state index is 14.6. The molecule has 1 amide bonds. The summed E-state index contributed by atoms with van der Waals surface area (Å²) >= 11 is 0. The molecular weight excluding hydrogens is 441 g/mol. The molecule has 0 spiro atoms. The van der Waals surface area contributed by atoms with Gasteiger partial charge in [-0.2, -0.15) is 0 Å². The van der Waals surface area contributed by atoms with Gasteiger partial charge >= 0.3 is 6.09 Å². The number of hydrogen-bond donors (Lipinski definition) is 1. The highest BCUT2D eigenvalue weighted by atomic mass is 19.1. The fraction of sp³-hybridized carbons (Fsp3) is 0.360.